The van der Waals surface area contributed by atoms with E-state index in [2.05, 4.69) is 29.3 Å². The van der Waals surface area contributed by atoms with Gasteiger partial charge in [0.25, 0.3) is 0 Å². The van der Waals surface area contributed by atoms with Gasteiger partial charge in [0.2, 0.25) is 0 Å². The van der Waals surface area contributed by atoms with E-state index in [0.717, 1.165) is 34.2 Å². The maximum Gasteiger partial charge on any atom is 0.119 e. The molecule has 4 rings (SSSR count). The third-order valence-electron chi connectivity index (χ3n) is 4.61. The SMILES string of the molecule is COc1ccc(N2N=C(c3ccc(Cl)cc3)C[C@H]2c2ccccc2)cc1. The van der Waals surface area contributed by atoms with Crippen molar-refractivity contribution in [3.8, 4) is 5.75 Å². The van der Waals surface area contributed by atoms with Gasteiger partial charge >= 0.3 is 0 Å². The highest BCUT2D eigenvalue weighted by Gasteiger charge is 2.29. The fraction of sp³-hybridized carbons (Fsp3) is 0.136. The van der Waals surface area contributed by atoms with Crippen molar-refractivity contribution in [2.24, 2.45) is 5.10 Å². The summed E-state index contributed by atoms with van der Waals surface area (Å²) >= 11 is 6.03. The van der Waals surface area contributed by atoms with Crippen LogP contribution in [0.4, 0.5) is 5.69 Å². The molecule has 0 spiro atoms. The molecule has 3 aromatic carbocycles. The van der Waals surface area contributed by atoms with Crippen LogP contribution in [0, 0.1) is 0 Å². The minimum Gasteiger partial charge on any atom is -0.497 e. The smallest absolute Gasteiger partial charge is 0.119 e. The number of anilines is 1. The van der Waals surface area contributed by atoms with Crippen LogP contribution in [-0.2, 0) is 0 Å². The summed E-state index contributed by atoms with van der Waals surface area (Å²) in [5.41, 5.74) is 4.46. The average Bonchev–Trinajstić information content (AvgIpc) is 3.15. The first-order chi connectivity index (χ1) is 12.7. The van der Waals surface area contributed by atoms with Crippen LogP contribution in [0.3, 0.4) is 0 Å². The van der Waals surface area contributed by atoms with Gasteiger partial charge in [0.05, 0.1) is 24.6 Å². The zero-order chi connectivity index (χ0) is 17.9. The summed E-state index contributed by atoms with van der Waals surface area (Å²) in [5, 5.41) is 7.77. The van der Waals surface area contributed by atoms with Gasteiger partial charge in [-0.1, -0.05) is 54.1 Å². The first-order valence-corrected chi connectivity index (χ1v) is 8.94. The second-order valence-corrected chi connectivity index (χ2v) is 6.66. The van der Waals surface area contributed by atoms with Crippen molar-refractivity contribution in [3.63, 3.8) is 0 Å². The van der Waals surface area contributed by atoms with Crippen LogP contribution < -0.4 is 9.75 Å². The van der Waals surface area contributed by atoms with E-state index in [1.807, 2.05) is 54.6 Å². The van der Waals surface area contributed by atoms with Crippen LogP contribution in [0.2, 0.25) is 5.02 Å². The second kappa shape index (κ2) is 7.22. The van der Waals surface area contributed by atoms with Crippen molar-refractivity contribution in [3.05, 3.63) is 95.0 Å². The molecule has 4 heteroatoms. The Morgan fingerprint density at radius 3 is 2.27 bits per heavy atom. The number of halogens is 1. The summed E-state index contributed by atoms with van der Waals surface area (Å²) in [5.74, 6) is 0.839. The Hall–Kier alpha value is -2.78. The lowest BCUT2D eigenvalue weighted by atomic mass is 9.98. The molecule has 0 fully saturated rings. The third-order valence-corrected chi connectivity index (χ3v) is 4.86. The predicted octanol–water partition coefficient (Wildman–Crippen LogP) is 5.70. The zero-order valence-electron chi connectivity index (χ0n) is 14.5. The van der Waals surface area contributed by atoms with E-state index in [1.165, 1.54) is 5.56 Å². The Bertz CT molecular complexity index is 905. The molecule has 0 saturated carbocycles. The van der Waals surface area contributed by atoms with E-state index in [4.69, 9.17) is 21.4 Å². The average molecular weight is 363 g/mol. The molecule has 1 aliphatic rings. The van der Waals surface area contributed by atoms with Crippen molar-refractivity contribution in [2.45, 2.75) is 12.5 Å². The maximum atomic E-state index is 6.03. The number of benzene rings is 3. The number of hydrogen-bond donors (Lipinski definition) is 0. The molecular formula is C22H19ClN2O. The summed E-state index contributed by atoms with van der Waals surface area (Å²) in [7, 11) is 1.68. The Labute approximate surface area is 158 Å². The molecule has 0 N–H and O–H groups in total. The number of rotatable bonds is 4. The van der Waals surface area contributed by atoms with Gasteiger partial charge in [0, 0.05) is 11.4 Å². The molecule has 1 heterocycles. The largest absolute Gasteiger partial charge is 0.497 e. The van der Waals surface area contributed by atoms with Crippen LogP contribution in [0.5, 0.6) is 5.75 Å². The van der Waals surface area contributed by atoms with Crippen LogP contribution in [-0.4, -0.2) is 12.8 Å². The molecule has 0 saturated heterocycles. The first-order valence-electron chi connectivity index (χ1n) is 8.56. The molecule has 3 aromatic rings. The van der Waals surface area contributed by atoms with Crippen LogP contribution in [0.15, 0.2) is 84.0 Å². The van der Waals surface area contributed by atoms with Gasteiger partial charge in [0.1, 0.15) is 5.75 Å². The minimum atomic E-state index is 0.162. The number of methoxy groups -OCH3 is 1. The molecule has 0 radical (unpaired) electrons. The fourth-order valence-electron chi connectivity index (χ4n) is 3.23. The normalized spacial score (nSPS) is 16.5. The van der Waals surface area contributed by atoms with Crippen molar-refractivity contribution < 1.29 is 4.74 Å². The molecule has 1 atom stereocenters. The lowest BCUT2D eigenvalue weighted by Crippen LogP contribution is -2.18. The topological polar surface area (TPSA) is 24.8 Å². The van der Waals surface area contributed by atoms with Crippen molar-refractivity contribution >= 4 is 23.0 Å². The van der Waals surface area contributed by atoms with Crippen molar-refractivity contribution in [2.75, 3.05) is 12.1 Å². The van der Waals surface area contributed by atoms with E-state index in [9.17, 15) is 0 Å². The molecule has 26 heavy (non-hydrogen) atoms. The Kier molecular flexibility index (Phi) is 4.63. The minimum absolute atomic E-state index is 0.162. The quantitative estimate of drug-likeness (QED) is 0.594. The van der Waals surface area contributed by atoms with E-state index < -0.39 is 0 Å². The number of nitrogens with zero attached hydrogens (tertiary/aromatic N) is 2. The number of ether oxygens (including phenoxy) is 1. The molecule has 0 unspecified atom stereocenters. The molecule has 0 aliphatic carbocycles. The summed E-state index contributed by atoms with van der Waals surface area (Å²) in [4.78, 5) is 0. The van der Waals surface area contributed by atoms with Gasteiger partial charge in [-0.15, -0.1) is 0 Å². The fourth-order valence-corrected chi connectivity index (χ4v) is 3.36. The monoisotopic (exact) mass is 362 g/mol. The highest BCUT2D eigenvalue weighted by atomic mass is 35.5. The molecule has 0 aromatic heterocycles. The standard InChI is InChI=1S/C22H19ClN2O/c1-26-20-13-11-19(12-14-20)25-22(17-5-3-2-4-6-17)15-21(24-25)16-7-9-18(23)10-8-16/h2-14,22H,15H2,1H3/t22-/m0/s1. The van der Waals surface area contributed by atoms with E-state index >= 15 is 0 Å². The molecule has 0 amide bonds. The molecule has 1 aliphatic heterocycles. The summed E-state index contributed by atoms with van der Waals surface area (Å²) in [6.07, 6.45) is 0.845. The van der Waals surface area contributed by atoms with Crippen molar-refractivity contribution in [1.82, 2.24) is 0 Å². The van der Waals surface area contributed by atoms with E-state index in [-0.39, 0.29) is 6.04 Å². The van der Waals surface area contributed by atoms with E-state index in [1.54, 1.807) is 7.11 Å². The predicted molar refractivity (Wildman–Crippen MR) is 107 cm³/mol. The second-order valence-electron chi connectivity index (χ2n) is 6.23. The van der Waals surface area contributed by atoms with Gasteiger partial charge in [-0.2, -0.15) is 5.10 Å². The molecule has 130 valence electrons. The molecular weight excluding hydrogens is 344 g/mol. The lowest BCUT2D eigenvalue weighted by molar-refractivity contribution is 0.415. The van der Waals surface area contributed by atoms with Crippen LogP contribution >= 0.6 is 11.6 Å². The third kappa shape index (κ3) is 3.31. The van der Waals surface area contributed by atoms with Gasteiger partial charge in [0.15, 0.2) is 0 Å². The first kappa shape index (κ1) is 16.7. The Balaban J connectivity index is 1.72. The van der Waals surface area contributed by atoms with Gasteiger partial charge in [-0.3, -0.25) is 5.01 Å². The molecule has 0 bridgehead atoms. The Morgan fingerprint density at radius 1 is 0.923 bits per heavy atom. The maximum absolute atomic E-state index is 6.03. The summed E-state index contributed by atoms with van der Waals surface area (Å²) in [6.45, 7) is 0. The highest BCUT2D eigenvalue weighted by molar-refractivity contribution is 6.30. The van der Waals surface area contributed by atoms with Crippen LogP contribution in [0.25, 0.3) is 0 Å². The number of hydrazone groups is 1. The van der Waals surface area contributed by atoms with Gasteiger partial charge in [-0.05, 0) is 47.5 Å². The van der Waals surface area contributed by atoms with Gasteiger partial charge < -0.3 is 4.74 Å². The van der Waals surface area contributed by atoms with E-state index in [0.29, 0.717) is 0 Å². The molecule has 3 nitrogen and oxygen atoms in total. The number of hydrogen-bond acceptors (Lipinski definition) is 3. The summed E-state index contributed by atoms with van der Waals surface area (Å²) in [6, 6.07) is 26.5. The highest BCUT2D eigenvalue weighted by Crippen LogP contribution is 2.37. The Morgan fingerprint density at radius 2 is 1.62 bits per heavy atom. The lowest BCUT2D eigenvalue weighted by Gasteiger charge is -2.24. The summed E-state index contributed by atoms with van der Waals surface area (Å²) < 4.78 is 5.28. The van der Waals surface area contributed by atoms with Gasteiger partial charge in [-0.25, -0.2) is 0 Å². The van der Waals surface area contributed by atoms with Crippen LogP contribution in [0.1, 0.15) is 23.6 Å². The van der Waals surface area contributed by atoms with Crippen molar-refractivity contribution in [1.29, 1.82) is 0 Å². The zero-order valence-corrected chi connectivity index (χ0v) is 15.2.